The number of para-hydroxylation sites is 1. The zero-order chi connectivity index (χ0) is 22.3. The molecule has 8 heteroatoms. The maximum atomic E-state index is 14.5. The molecule has 0 radical (unpaired) electrons. The fourth-order valence-corrected chi connectivity index (χ4v) is 4.52. The number of anilines is 1. The molecule has 2 aliphatic rings. The molecule has 31 heavy (non-hydrogen) atoms. The number of carbonyl (C=O) groups excluding carboxylic acids is 2. The molecule has 0 bridgehead atoms. The predicted molar refractivity (Wildman–Crippen MR) is 113 cm³/mol. The number of likely N-dealkylation sites (tertiary alicyclic amines) is 1. The van der Waals surface area contributed by atoms with Crippen molar-refractivity contribution in [1.82, 2.24) is 4.90 Å². The molecule has 7 nitrogen and oxygen atoms in total. The first-order chi connectivity index (χ1) is 14.8. The molecule has 1 fully saturated rings. The van der Waals surface area contributed by atoms with E-state index in [4.69, 9.17) is 0 Å². The van der Waals surface area contributed by atoms with Crippen LogP contribution in [0.2, 0.25) is 0 Å². The van der Waals surface area contributed by atoms with Crippen molar-refractivity contribution in [2.24, 2.45) is 11.8 Å². The number of carbonyl (C=O) groups is 2. The number of halogens is 1. The third-order valence-corrected chi connectivity index (χ3v) is 5.70. The Bertz CT molecular complexity index is 1090. The molecule has 0 aromatic heterocycles. The Morgan fingerprint density at radius 2 is 1.58 bits per heavy atom. The summed E-state index contributed by atoms with van der Waals surface area (Å²) in [6.07, 6.45) is 1.01. The number of hydrogen-bond acceptors (Lipinski definition) is 5. The summed E-state index contributed by atoms with van der Waals surface area (Å²) in [5.41, 5.74) is 0.535. The fourth-order valence-electron chi connectivity index (χ4n) is 4.52. The Balaban J connectivity index is 1.85. The molecule has 2 atom stereocenters. The number of nitro groups is 1. The van der Waals surface area contributed by atoms with Crippen LogP contribution in [0.15, 0.2) is 54.2 Å². The fraction of sp³-hybridized carbons (Fsp3) is 0.304. The zero-order valence-corrected chi connectivity index (χ0v) is 17.2. The van der Waals surface area contributed by atoms with Gasteiger partial charge in [0.15, 0.2) is 0 Å². The number of benzene rings is 2. The minimum Gasteiger partial charge on any atom is -0.366 e. The smallest absolute Gasteiger partial charge is 0.282 e. The highest BCUT2D eigenvalue weighted by atomic mass is 19.1. The molecule has 0 spiro atoms. The van der Waals surface area contributed by atoms with Crippen LogP contribution in [-0.4, -0.2) is 34.7 Å². The first-order valence-electron chi connectivity index (χ1n) is 10.1. The Kier molecular flexibility index (Phi) is 5.31. The van der Waals surface area contributed by atoms with Gasteiger partial charge in [0.25, 0.3) is 17.5 Å². The Morgan fingerprint density at radius 3 is 2.16 bits per heavy atom. The van der Waals surface area contributed by atoms with Gasteiger partial charge in [0, 0.05) is 25.2 Å². The number of imide groups is 1. The second-order valence-corrected chi connectivity index (χ2v) is 8.28. The van der Waals surface area contributed by atoms with E-state index in [1.807, 2.05) is 4.90 Å². The normalized spacial score (nSPS) is 21.8. The third kappa shape index (κ3) is 3.69. The summed E-state index contributed by atoms with van der Waals surface area (Å²) in [6, 6.07) is 11.2. The van der Waals surface area contributed by atoms with Crippen LogP contribution in [-0.2, 0) is 9.59 Å². The van der Waals surface area contributed by atoms with Crippen LogP contribution < -0.4 is 4.90 Å². The van der Waals surface area contributed by atoms with Crippen molar-refractivity contribution < 1.29 is 18.9 Å². The van der Waals surface area contributed by atoms with Crippen LogP contribution in [0.3, 0.4) is 0 Å². The van der Waals surface area contributed by atoms with Crippen molar-refractivity contribution in [3.8, 4) is 0 Å². The van der Waals surface area contributed by atoms with Gasteiger partial charge in [0.1, 0.15) is 11.5 Å². The minimum atomic E-state index is -0.672. The van der Waals surface area contributed by atoms with Gasteiger partial charge in [-0.05, 0) is 48.1 Å². The lowest BCUT2D eigenvalue weighted by Gasteiger charge is -2.37. The van der Waals surface area contributed by atoms with Gasteiger partial charge in [-0.15, -0.1) is 0 Å². The highest BCUT2D eigenvalue weighted by Crippen LogP contribution is 2.38. The van der Waals surface area contributed by atoms with Crippen molar-refractivity contribution in [1.29, 1.82) is 0 Å². The van der Waals surface area contributed by atoms with Crippen LogP contribution in [0.5, 0.6) is 0 Å². The molecule has 0 saturated carbocycles. The highest BCUT2D eigenvalue weighted by molar-refractivity contribution is 6.45. The molecule has 160 valence electrons. The van der Waals surface area contributed by atoms with Gasteiger partial charge >= 0.3 is 0 Å². The molecule has 0 N–H and O–H groups in total. The van der Waals surface area contributed by atoms with E-state index in [0.717, 1.165) is 11.3 Å². The summed E-state index contributed by atoms with van der Waals surface area (Å²) in [6.45, 7) is 5.37. The lowest BCUT2D eigenvalue weighted by Crippen LogP contribution is -2.42. The molecule has 2 aromatic rings. The number of rotatable bonds is 4. The zero-order valence-electron chi connectivity index (χ0n) is 17.2. The lowest BCUT2D eigenvalue weighted by molar-refractivity contribution is -0.384. The van der Waals surface area contributed by atoms with E-state index in [0.29, 0.717) is 30.5 Å². The van der Waals surface area contributed by atoms with E-state index in [2.05, 4.69) is 13.8 Å². The molecule has 1 saturated heterocycles. The Morgan fingerprint density at radius 1 is 0.968 bits per heavy atom. The molecule has 4 rings (SSSR count). The van der Waals surface area contributed by atoms with Crippen molar-refractivity contribution in [3.63, 3.8) is 0 Å². The first kappa shape index (κ1) is 20.7. The number of nitro benzene ring substituents is 1. The SMILES string of the molecule is CC1CC(C)CN(C2=C(c3ccc([N+](=O)[O-])cc3)C(=O)N(c3ccccc3F)C2=O)C1. The Hall–Kier alpha value is -3.55. The van der Waals surface area contributed by atoms with Crippen LogP contribution in [0.25, 0.3) is 5.57 Å². The maximum absolute atomic E-state index is 14.5. The van der Waals surface area contributed by atoms with Crippen molar-refractivity contribution >= 4 is 28.8 Å². The van der Waals surface area contributed by atoms with E-state index in [1.165, 1.54) is 42.5 Å². The number of piperidine rings is 1. The second-order valence-electron chi connectivity index (χ2n) is 8.28. The largest absolute Gasteiger partial charge is 0.366 e. The summed E-state index contributed by atoms with van der Waals surface area (Å²) in [4.78, 5) is 40.2. The van der Waals surface area contributed by atoms with Crippen molar-refractivity contribution in [2.45, 2.75) is 20.3 Å². The summed E-state index contributed by atoms with van der Waals surface area (Å²) in [5.74, 6) is -1.25. The van der Waals surface area contributed by atoms with Gasteiger partial charge in [-0.1, -0.05) is 26.0 Å². The van der Waals surface area contributed by atoms with Crippen LogP contribution >= 0.6 is 0 Å². The summed E-state index contributed by atoms with van der Waals surface area (Å²) >= 11 is 0. The average molecular weight is 423 g/mol. The molecular weight excluding hydrogens is 401 g/mol. The summed E-state index contributed by atoms with van der Waals surface area (Å²) < 4.78 is 14.5. The van der Waals surface area contributed by atoms with E-state index in [1.54, 1.807) is 6.07 Å². The van der Waals surface area contributed by atoms with E-state index < -0.39 is 22.6 Å². The number of amides is 2. The van der Waals surface area contributed by atoms with Gasteiger partial charge in [-0.25, -0.2) is 9.29 Å². The average Bonchev–Trinajstić information content (AvgIpc) is 2.98. The van der Waals surface area contributed by atoms with Crippen molar-refractivity contribution in [3.05, 3.63) is 75.7 Å². The summed E-state index contributed by atoms with van der Waals surface area (Å²) in [5, 5.41) is 11.0. The van der Waals surface area contributed by atoms with Gasteiger partial charge in [0.2, 0.25) is 0 Å². The quantitative estimate of drug-likeness (QED) is 0.422. The van der Waals surface area contributed by atoms with Crippen LogP contribution in [0.4, 0.5) is 15.8 Å². The minimum absolute atomic E-state index is 0.106. The molecule has 2 amide bonds. The third-order valence-electron chi connectivity index (χ3n) is 5.70. The lowest BCUT2D eigenvalue weighted by atomic mass is 9.91. The molecule has 0 aliphatic carbocycles. The predicted octanol–water partition coefficient (Wildman–Crippen LogP) is 4.00. The first-order valence-corrected chi connectivity index (χ1v) is 10.1. The van der Waals surface area contributed by atoms with Gasteiger partial charge < -0.3 is 4.90 Å². The van der Waals surface area contributed by atoms with Gasteiger partial charge in [-0.2, -0.15) is 0 Å². The maximum Gasteiger partial charge on any atom is 0.282 e. The number of non-ortho nitro benzene ring substituents is 1. The highest BCUT2D eigenvalue weighted by Gasteiger charge is 2.44. The van der Waals surface area contributed by atoms with Crippen LogP contribution in [0.1, 0.15) is 25.8 Å². The molecular formula is C23H22FN3O4. The molecule has 2 aromatic carbocycles. The van der Waals surface area contributed by atoms with Crippen LogP contribution in [0, 0.1) is 27.8 Å². The van der Waals surface area contributed by atoms with E-state index >= 15 is 0 Å². The number of nitrogens with zero attached hydrogens (tertiary/aromatic N) is 3. The summed E-state index contributed by atoms with van der Waals surface area (Å²) in [7, 11) is 0. The number of hydrogen-bond donors (Lipinski definition) is 0. The monoisotopic (exact) mass is 423 g/mol. The van der Waals surface area contributed by atoms with Gasteiger partial charge in [0.05, 0.1) is 16.2 Å². The molecule has 2 heterocycles. The van der Waals surface area contributed by atoms with E-state index in [-0.39, 0.29) is 22.6 Å². The van der Waals surface area contributed by atoms with Gasteiger partial charge in [-0.3, -0.25) is 19.7 Å². The molecule has 2 unspecified atom stereocenters. The standard InChI is InChI=1S/C23H22FN3O4/c1-14-11-15(2)13-25(12-14)21-20(16-7-9-17(10-8-16)27(30)31)22(28)26(23(21)29)19-6-4-3-5-18(19)24/h3-10,14-15H,11-13H2,1-2H3. The topological polar surface area (TPSA) is 83.8 Å². The van der Waals surface area contributed by atoms with E-state index in [9.17, 15) is 24.1 Å². The Labute approximate surface area is 178 Å². The van der Waals surface area contributed by atoms with Crippen molar-refractivity contribution in [2.75, 3.05) is 18.0 Å². The molecule has 2 aliphatic heterocycles. The second kappa shape index (κ2) is 7.94.